The number of thiophene rings is 1. The molecule has 14 heteroatoms. The van der Waals surface area contributed by atoms with E-state index in [0.29, 0.717) is 40.7 Å². The summed E-state index contributed by atoms with van der Waals surface area (Å²) in [6.45, 7) is 5.84. The number of carboxylic acids is 2. The third-order valence-electron chi connectivity index (χ3n) is 6.73. The highest BCUT2D eigenvalue weighted by molar-refractivity contribution is 8.00. The van der Waals surface area contributed by atoms with E-state index in [2.05, 4.69) is 10.6 Å². The minimum atomic E-state index is -1.45. The van der Waals surface area contributed by atoms with Gasteiger partial charge in [-0.1, -0.05) is 6.07 Å². The number of fused-ring (bicyclic) bond motifs is 1. The number of benzene rings is 2. The van der Waals surface area contributed by atoms with Crippen molar-refractivity contribution >= 4 is 69.4 Å². The Morgan fingerprint density at radius 1 is 1.02 bits per heavy atom. The van der Waals surface area contributed by atoms with Crippen molar-refractivity contribution < 1.29 is 43.7 Å². The fraction of sp³-hybridized carbons (Fsp3) is 0.267. The van der Waals surface area contributed by atoms with Crippen LogP contribution >= 0.6 is 23.1 Å². The summed E-state index contributed by atoms with van der Waals surface area (Å²) in [7, 11) is 0. The molecule has 230 valence electrons. The molecule has 3 amide bonds. The Balaban J connectivity index is 1.48. The number of aromatic carboxylic acids is 2. The van der Waals surface area contributed by atoms with E-state index in [-0.39, 0.29) is 29.5 Å². The predicted molar refractivity (Wildman–Crippen MR) is 164 cm³/mol. The number of amides is 3. The van der Waals surface area contributed by atoms with E-state index in [1.165, 1.54) is 30.0 Å². The molecule has 1 aliphatic heterocycles. The molecular weight excluding hydrogens is 610 g/mol. The number of hydrogen-bond donors (Lipinski definition) is 4. The second-order valence-corrected chi connectivity index (χ2v) is 12.2. The van der Waals surface area contributed by atoms with Gasteiger partial charge in [0.1, 0.15) is 5.00 Å². The number of nitrogens with one attached hydrogen (secondary N) is 2. The maximum Gasteiger partial charge on any atom is 0.341 e. The molecule has 0 saturated heterocycles. The fourth-order valence-corrected chi connectivity index (χ4v) is 6.73. The van der Waals surface area contributed by atoms with Crippen molar-refractivity contribution in [3.05, 3.63) is 75.2 Å². The van der Waals surface area contributed by atoms with Crippen LogP contribution < -0.4 is 10.6 Å². The Bertz CT molecular complexity index is 1670. The number of carbonyl (C=O) groups excluding carboxylic acids is 4. The SMILES string of the molecule is CCOC(=O)c1c(NC(=O)C(C)Sc2cccc(NC(=O)c3ccc(C(=O)O)cc3C(=O)O)c2)sc2c1CCN(C(C)=O)C2. The monoisotopic (exact) mass is 639 g/mol. The summed E-state index contributed by atoms with van der Waals surface area (Å²) >= 11 is 2.44. The molecule has 1 aromatic heterocycles. The van der Waals surface area contributed by atoms with Gasteiger partial charge >= 0.3 is 17.9 Å². The molecule has 0 spiro atoms. The molecule has 1 unspecified atom stereocenters. The summed E-state index contributed by atoms with van der Waals surface area (Å²) in [4.78, 5) is 76.9. The number of ether oxygens (including phenoxy) is 1. The number of anilines is 2. The maximum absolute atomic E-state index is 13.3. The predicted octanol–water partition coefficient (Wildman–Crippen LogP) is 4.60. The van der Waals surface area contributed by atoms with Crippen LogP contribution in [0.3, 0.4) is 0 Å². The number of hydrogen-bond acceptors (Lipinski definition) is 9. The molecule has 0 aliphatic carbocycles. The third-order valence-corrected chi connectivity index (χ3v) is 8.96. The molecule has 0 bridgehead atoms. The molecule has 0 radical (unpaired) electrons. The number of thioether (sulfide) groups is 1. The van der Waals surface area contributed by atoms with Crippen LogP contribution in [0.2, 0.25) is 0 Å². The lowest BCUT2D eigenvalue weighted by Gasteiger charge is -2.25. The van der Waals surface area contributed by atoms with Gasteiger partial charge in [-0.15, -0.1) is 23.1 Å². The Labute approximate surface area is 260 Å². The largest absolute Gasteiger partial charge is 0.478 e. The minimum Gasteiger partial charge on any atom is -0.478 e. The van der Waals surface area contributed by atoms with Gasteiger partial charge in [0.05, 0.1) is 40.7 Å². The summed E-state index contributed by atoms with van der Waals surface area (Å²) in [6.07, 6.45) is 0.468. The van der Waals surface area contributed by atoms with Gasteiger partial charge in [0.25, 0.3) is 5.91 Å². The standard InChI is InChI=1S/C30H29N3O9S2/c1-4-42-30(41)24-21-10-11-33(16(3)34)14-23(21)44-27(24)32-25(35)15(2)43-19-7-5-6-18(13-19)31-26(36)20-9-8-17(28(37)38)12-22(20)29(39)40/h5-9,12-13,15H,4,10-11,14H2,1-3H3,(H,31,36)(H,32,35)(H,37,38)(H,39,40). The van der Waals surface area contributed by atoms with Crippen molar-refractivity contribution in [1.29, 1.82) is 0 Å². The van der Waals surface area contributed by atoms with E-state index in [1.54, 1.807) is 43.0 Å². The molecule has 4 N–H and O–H groups in total. The van der Waals surface area contributed by atoms with E-state index in [0.717, 1.165) is 28.6 Å². The van der Waals surface area contributed by atoms with Crippen molar-refractivity contribution in [3.63, 3.8) is 0 Å². The number of nitrogens with zero attached hydrogens (tertiary/aromatic N) is 1. The van der Waals surface area contributed by atoms with Gasteiger partial charge in [-0.3, -0.25) is 14.4 Å². The summed E-state index contributed by atoms with van der Waals surface area (Å²) in [5.41, 5.74) is 0.480. The second-order valence-electron chi connectivity index (χ2n) is 9.72. The number of rotatable bonds is 10. The van der Waals surface area contributed by atoms with Crippen molar-refractivity contribution in [1.82, 2.24) is 4.90 Å². The van der Waals surface area contributed by atoms with Gasteiger partial charge in [-0.25, -0.2) is 14.4 Å². The van der Waals surface area contributed by atoms with Gasteiger partial charge in [-0.2, -0.15) is 0 Å². The Morgan fingerprint density at radius 3 is 2.43 bits per heavy atom. The molecule has 0 saturated carbocycles. The van der Waals surface area contributed by atoms with E-state index in [9.17, 15) is 33.9 Å². The lowest BCUT2D eigenvalue weighted by molar-refractivity contribution is -0.129. The molecular formula is C30H29N3O9S2. The molecule has 0 fully saturated rings. The van der Waals surface area contributed by atoms with E-state index in [4.69, 9.17) is 9.84 Å². The zero-order chi connectivity index (χ0) is 32.1. The number of esters is 1. The number of carbonyl (C=O) groups is 6. The van der Waals surface area contributed by atoms with Crippen LogP contribution in [0, 0.1) is 0 Å². The Hall–Kier alpha value is -4.69. The van der Waals surface area contributed by atoms with E-state index >= 15 is 0 Å². The lowest BCUT2D eigenvalue weighted by atomic mass is 10.0. The molecule has 1 aliphatic rings. The highest BCUT2D eigenvalue weighted by Gasteiger charge is 2.31. The number of carboxylic acid groups (broad SMARTS) is 2. The first-order valence-corrected chi connectivity index (χ1v) is 15.2. The normalized spacial score (nSPS) is 12.9. The molecule has 4 rings (SSSR count). The van der Waals surface area contributed by atoms with Crippen molar-refractivity contribution in [3.8, 4) is 0 Å². The first kappa shape index (κ1) is 32.2. The highest BCUT2D eigenvalue weighted by atomic mass is 32.2. The summed E-state index contributed by atoms with van der Waals surface area (Å²) in [5, 5.41) is 23.8. The maximum atomic E-state index is 13.3. The summed E-state index contributed by atoms with van der Waals surface area (Å²) < 4.78 is 5.26. The zero-order valence-electron chi connectivity index (χ0n) is 24.0. The van der Waals surface area contributed by atoms with Crippen LogP contribution in [-0.2, 0) is 27.3 Å². The summed E-state index contributed by atoms with van der Waals surface area (Å²) in [6, 6.07) is 9.79. The molecule has 3 aromatic rings. The minimum absolute atomic E-state index is 0.0748. The average Bonchev–Trinajstić information content (AvgIpc) is 3.34. The van der Waals surface area contributed by atoms with Gasteiger partial charge in [0.2, 0.25) is 11.8 Å². The van der Waals surface area contributed by atoms with Crippen molar-refractivity contribution in [2.75, 3.05) is 23.8 Å². The first-order valence-electron chi connectivity index (χ1n) is 13.5. The van der Waals surface area contributed by atoms with Crippen LogP contribution in [0.15, 0.2) is 47.4 Å². The topological polar surface area (TPSA) is 179 Å². The van der Waals surface area contributed by atoms with E-state index < -0.39 is 34.6 Å². The molecule has 12 nitrogen and oxygen atoms in total. The van der Waals surface area contributed by atoms with Gasteiger partial charge < -0.3 is 30.5 Å². The third kappa shape index (κ3) is 7.26. The lowest BCUT2D eigenvalue weighted by Crippen LogP contribution is -2.34. The average molecular weight is 640 g/mol. The molecule has 44 heavy (non-hydrogen) atoms. The van der Waals surface area contributed by atoms with Crippen molar-refractivity contribution in [2.45, 2.75) is 43.9 Å². The van der Waals surface area contributed by atoms with Crippen LogP contribution in [0.5, 0.6) is 0 Å². The summed E-state index contributed by atoms with van der Waals surface area (Å²) in [5.74, 6) is -4.50. The van der Waals surface area contributed by atoms with Crippen LogP contribution in [0.4, 0.5) is 10.7 Å². The Morgan fingerprint density at radius 2 is 1.77 bits per heavy atom. The Kier molecular flexibility index (Phi) is 10.1. The van der Waals surface area contributed by atoms with Crippen LogP contribution in [0.25, 0.3) is 0 Å². The quantitative estimate of drug-likeness (QED) is 0.181. The highest BCUT2D eigenvalue weighted by Crippen LogP contribution is 2.38. The van der Waals surface area contributed by atoms with E-state index in [1.807, 2.05) is 0 Å². The van der Waals surface area contributed by atoms with Crippen LogP contribution in [-0.4, -0.2) is 69.1 Å². The van der Waals surface area contributed by atoms with Gasteiger partial charge in [0.15, 0.2) is 0 Å². The first-order chi connectivity index (χ1) is 20.9. The molecule has 1 atom stereocenters. The second kappa shape index (κ2) is 13.7. The molecule has 2 aromatic carbocycles. The molecule has 2 heterocycles. The van der Waals surface area contributed by atoms with Crippen LogP contribution in [0.1, 0.15) is 72.6 Å². The zero-order valence-corrected chi connectivity index (χ0v) is 25.6. The van der Waals surface area contributed by atoms with Gasteiger partial charge in [-0.05, 0) is 62.2 Å². The fourth-order valence-electron chi connectivity index (χ4n) is 4.55. The smallest absolute Gasteiger partial charge is 0.341 e. The van der Waals surface area contributed by atoms with Crippen molar-refractivity contribution in [2.24, 2.45) is 0 Å². The van der Waals surface area contributed by atoms with Gasteiger partial charge in [0, 0.05) is 28.9 Å².